The molecule has 0 aliphatic rings. The van der Waals surface area contributed by atoms with Gasteiger partial charge in [0, 0.05) is 11.5 Å². The van der Waals surface area contributed by atoms with Gasteiger partial charge in [-0.05, 0) is 79.6 Å². The minimum Gasteiger partial charge on any atom is -0.508 e. The van der Waals surface area contributed by atoms with E-state index in [2.05, 4.69) is 0 Å². The minimum absolute atomic E-state index is 0.207. The number of hydrogen-bond acceptors (Lipinski definition) is 3. The van der Waals surface area contributed by atoms with E-state index >= 15 is 0 Å². The standard InChI is InChI=1S/C24H26O3/c1-13-6-7-20(21(25)8-13)22(18-9-14(2)23(26)15(3)10-18)19-11-16(4)24(27)17(5)12-19/h6-12,22,25-27H,1-5H3. The molecule has 0 amide bonds. The number of phenolic OH excluding ortho intramolecular Hbond substituents is 3. The third-order valence-corrected chi connectivity index (χ3v) is 5.19. The van der Waals surface area contributed by atoms with E-state index in [9.17, 15) is 15.3 Å². The summed E-state index contributed by atoms with van der Waals surface area (Å²) in [5.74, 6) is 0.626. The highest BCUT2D eigenvalue weighted by molar-refractivity contribution is 5.55. The van der Waals surface area contributed by atoms with Crippen LogP contribution < -0.4 is 0 Å². The second-order valence-electron chi connectivity index (χ2n) is 7.50. The molecule has 3 N–H and O–H groups in total. The zero-order valence-corrected chi connectivity index (χ0v) is 16.5. The van der Waals surface area contributed by atoms with Gasteiger partial charge in [-0.3, -0.25) is 0 Å². The smallest absolute Gasteiger partial charge is 0.121 e. The van der Waals surface area contributed by atoms with E-state index in [0.29, 0.717) is 11.5 Å². The number of aromatic hydroxyl groups is 3. The molecular weight excluding hydrogens is 336 g/mol. The molecule has 140 valence electrons. The van der Waals surface area contributed by atoms with Crippen LogP contribution in [0.3, 0.4) is 0 Å². The van der Waals surface area contributed by atoms with Crippen molar-refractivity contribution in [2.24, 2.45) is 0 Å². The second kappa shape index (κ2) is 6.99. The van der Waals surface area contributed by atoms with Crippen molar-refractivity contribution in [2.45, 2.75) is 40.5 Å². The first-order valence-electron chi connectivity index (χ1n) is 9.08. The van der Waals surface area contributed by atoms with Gasteiger partial charge < -0.3 is 15.3 Å². The Hall–Kier alpha value is -2.94. The van der Waals surface area contributed by atoms with Crippen molar-refractivity contribution in [3.05, 3.63) is 87.0 Å². The molecule has 0 unspecified atom stereocenters. The summed E-state index contributed by atoms with van der Waals surface area (Å²) >= 11 is 0. The summed E-state index contributed by atoms with van der Waals surface area (Å²) < 4.78 is 0. The van der Waals surface area contributed by atoms with Gasteiger partial charge in [0.2, 0.25) is 0 Å². The lowest BCUT2D eigenvalue weighted by Crippen LogP contribution is -2.06. The van der Waals surface area contributed by atoms with Gasteiger partial charge in [-0.15, -0.1) is 0 Å². The van der Waals surface area contributed by atoms with Crippen LogP contribution in [0.2, 0.25) is 0 Å². The van der Waals surface area contributed by atoms with Gasteiger partial charge in [0.1, 0.15) is 17.2 Å². The molecule has 3 heteroatoms. The summed E-state index contributed by atoms with van der Waals surface area (Å²) in [5, 5.41) is 31.0. The van der Waals surface area contributed by atoms with Crippen molar-refractivity contribution in [3.8, 4) is 17.2 Å². The third kappa shape index (κ3) is 3.50. The number of benzene rings is 3. The number of aryl methyl sites for hydroxylation is 5. The highest BCUT2D eigenvalue weighted by Crippen LogP contribution is 2.41. The number of hydrogen-bond donors (Lipinski definition) is 3. The highest BCUT2D eigenvalue weighted by Gasteiger charge is 2.23. The topological polar surface area (TPSA) is 60.7 Å². The first kappa shape index (κ1) is 18.8. The molecule has 0 spiro atoms. The Balaban J connectivity index is 2.30. The molecule has 27 heavy (non-hydrogen) atoms. The zero-order valence-electron chi connectivity index (χ0n) is 16.5. The van der Waals surface area contributed by atoms with Crippen LogP contribution in [-0.4, -0.2) is 15.3 Å². The fourth-order valence-corrected chi connectivity index (χ4v) is 3.76. The predicted octanol–water partition coefficient (Wildman–Crippen LogP) is 5.53. The first-order valence-corrected chi connectivity index (χ1v) is 9.08. The molecule has 0 aliphatic carbocycles. The van der Waals surface area contributed by atoms with Gasteiger partial charge in [0.05, 0.1) is 0 Å². The molecule has 3 nitrogen and oxygen atoms in total. The van der Waals surface area contributed by atoms with Crippen molar-refractivity contribution in [1.82, 2.24) is 0 Å². The molecule has 3 aromatic carbocycles. The lowest BCUT2D eigenvalue weighted by Gasteiger charge is -2.23. The van der Waals surface area contributed by atoms with Crippen LogP contribution in [0.5, 0.6) is 17.2 Å². The molecule has 3 aromatic rings. The lowest BCUT2D eigenvalue weighted by atomic mass is 9.82. The Morgan fingerprint density at radius 1 is 0.593 bits per heavy atom. The molecule has 0 saturated heterocycles. The Morgan fingerprint density at radius 2 is 1.00 bits per heavy atom. The molecule has 0 saturated carbocycles. The maximum Gasteiger partial charge on any atom is 0.121 e. The van der Waals surface area contributed by atoms with Crippen molar-refractivity contribution >= 4 is 0 Å². The Labute approximate surface area is 160 Å². The van der Waals surface area contributed by atoms with Crippen LogP contribution in [0.15, 0.2) is 42.5 Å². The first-order chi connectivity index (χ1) is 12.7. The summed E-state index contributed by atoms with van der Waals surface area (Å²) in [4.78, 5) is 0. The van der Waals surface area contributed by atoms with Crippen LogP contribution in [0.1, 0.15) is 50.4 Å². The van der Waals surface area contributed by atoms with E-state index in [-0.39, 0.29) is 11.7 Å². The third-order valence-electron chi connectivity index (χ3n) is 5.19. The molecular formula is C24H26O3. The largest absolute Gasteiger partial charge is 0.508 e. The lowest BCUT2D eigenvalue weighted by molar-refractivity contribution is 0.464. The van der Waals surface area contributed by atoms with E-state index in [1.54, 1.807) is 6.07 Å². The normalized spacial score (nSPS) is 11.2. The van der Waals surface area contributed by atoms with Gasteiger partial charge >= 0.3 is 0 Å². The molecule has 0 heterocycles. The highest BCUT2D eigenvalue weighted by atomic mass is 16.3. The summed E-state index contributed by atoms with van der Waals surface area (Å²) in [5.41, 5.74) is 6.98. The minimum atomic E-state index is -0.207. The van der Waals surface area contributed by atoms with Crippen LogP contribution in [-0.2, 0) is 0 Å². The van der Waals surface area contributed by atoms with E-state index in [0.717, 1.165) is 44.5 Å². The van der Waals surface area contributed by atoms with Crippen molar-refractivity contribution in [2.75, 3.05) is 0 Å². The summed E-state index contributed by atoms with van der Waals surface area (Å²) in [6, 6.07) is 13.6. The van der Waals surface area contributed by atoms with Gasteiger partial charge in [-0.25, -0.2) is 0 Å². The maximum atomic E-state index is 10.7. The van der Waals surface area contributed by atoms with Crippen molar-refractivity contribution in [1.29, 1.82) is 0 Å². The van der Waals surface area contributed by atoms with Gasteiger partial charge in [-0.1, -0.05) is 36.4 Å². The van der Waals surface area contributed by atoms with Gasteiger partial charge in [0.15, 0.2) is 0 Å². The fraction of sp³-hybridized carbons (Fsp3) is 0.250. The quantitative estimate of drug-likeness (QED) is 0.537. The second-order valence-corrected chi connectivity index (χ2v) is 7.50. The summed E-state index contributed by atoms with van der Waals surface area (Å²) in [6.45, 7) is 9.47. The predicted molar refractivity (Wildman–Crippen MR) is 109 cm³/mol. The number of rotatable bonds is 3. The van der Waals surface area contributed by atoms with E-state index in [1.165, 1.54) is 0 Å². The van der Waals surface area contributed by atoms with E-state index < -0.39 is 0 Å². The maximum absolute atomic E-state index is 10.7. The Kier molecular flexibility index (Phi) is 4.88. The van der Waals surface area contributed by atoms with E-state index in [1.807, 2.05) is 71.0 Å². The average molecular weight is 362 g/mol. The summed E-state index contributed by atoms with van der Waals surface area (Å²) in [7, 11) is 0. The van der Waals surface area contributed by atoms with Crippen molar-refractivity contribution in [3.63, 3.8) is 0 Å². The molecule has 0 radical (unpaired) electrons. The molecule has 0 aromatic heterocycles. The Bertz CT molecular complexity index is 915. The zero-order chi connectivity index (χ0) is 19.9. The van der Waals surface area contributed by atoms with Crippen LogP contribution >= 0.6 is 0 Å². The fourth-order valence-electron chi connectivity index (χ4n) is 3.76. The van der Waals surface area contributed by atoms with E-state index in [4.69, 9.17) is 0 Å². The molecule has 3 rings (SSSR count). The molecule has 0 fully saturated rings. The SMILES string of the molecule is Cc1ccc(C(c2cc(C)c(O)c(C)c2)c2cc(C)c(O)c(C)c2)c(O)c1. The monoisotopic (exact) mass is 362 g/mol. The molecule has 0 bridgehead atoms. The van der Waals surface area contributed by atoms with Gasteiger partial charge in [-0.2, -0.15) is 0 Å². The molecule has 0 atom stereocenters. The van der Waals surface area contributed by atoms with Crippen LogP contribution in [0.25, 0.3) is 0 Å². The average Bonchev–Trinajstić information content (AvgIpc) is 2.59. The van der Waals surface area contributed by atoms with Crippen LogP contribution in [0.4, 0.5) is 0 Å². The van der Waals surface area contributed by atoms with Crippen molar-refractivity contribution < 1.29 is 15.3 Å². The Morgan fingerprint density at radius 3 is 1.37 bits per heavy atom. The van der Waals surface area contributed by atoms with Gasteiger partial charge in [0.25, 0.3) is 0 Å². The number of phenols is 3. The summed E-state index contributed by atoms with van der Waals surface area (Å²) in [6.07, 6.45) is 0. The van der Waals surface area contributed by atoms with Crippen LogP contribution in [0, 0.1) is 34.6 Å². The molecule has 0 aliphatic heterocycles.